The first-order chi connectivity index (χ1) is 10.7. The quantitative estimate of drug-likeness (QED) is 0.250. The Balaban J connectivity index is 0.00000484. The van der Waals surface area contributed by atoms with Gasteiger partial charge in [-0.25, -0.2) is 0 Å². The smallest absolute Gasteiger partial charge is 0.191 e. The average molecular weight is 439 g/mol. The molecule has 0 radical (unpaired) electrons. The van der Waals surface area contributed by atoms with Crippen LogP contribution in [0.25, 0.3) is 0 Å². The summed E-state index contributed by atoms with van der Waals surface area (Å²) in [5, 5.41) is 6.75. The van der Waals surface area contributed by atoms with Crippen LogP contribution in [0.15, 0.2) is 4.99 Å². The molecule has 0 amide bonds. The van der Waals surface area contributed by atoms with E-state index in [4.69, 9.17) is 0 Å². The highest BCUT2D eigenvalue weighted by Gasteiger charge is 2.14. The monoisotopic (exact) mass is 439 g/mol. The lowest BCUT2D eigenvalue weighted by molar-refractivity contribution is 0.136. The summed E-state index contributed by atoms with van der Waals surface area (Å²) in [4.78, 5) is 9.73. The second kappa shape index (κ2) is 14.3. The zero-order valence-electron chi connectivity index (χ0n) is 15.6. The molecule has 1 aliphatic rings. The Hall–Kier alpha value is -0.0800. The van der Waals surface area contributed by atoms with Crippen LogP contribution >= 0.6 is 24.0 Å². The van der Waals surface area contributed by atoms with Gasteiger partial charge < -0.3 is 20.4 Å². The third-order valence-corrected chi connectivity index (χ3v) is 4.06. The largest absolute Gasteiger partial charge is 0.357 e. The van der Waals surface area contributed by atoms with Gasteiger partial charge in [-0.15, -0.1) is 24.0 Å². The van der Waals surface area contributed by atoms with Gasteiger partial charge in [0.05, 0.1) is 0 Å². The number of hydrogen-bond acceptors (Lipinski definition) is 3. The maximum absolute atomic E-state index is 4.60. The zero-order chi connectivity index (χ0) is 16.2. The minimum Gasteiger partial charge on any atom is -0.357 e. The Morgan fingerprint density at radius 3 is 2.22 bits per heavy atom. The molecule has 0 saturated carbocycles. The molecular weight excluding hydrogens is 401 g/mol. The lowest BCUT2D eigenvalue weighted by Crippen LogP contribution is -2.46. The summed E-state index contributed by atoms with van der Waals surface area (Å²) in [6.45, 7) is 19.0. The Labute approximate surface area is 160 Å². The summed E-state index contributed by atoms with van der Waals surface area (Å²) in [5.41, 5.74) is 0. The van der Waals surface area contributed by atoms with Crippen molar-refractivity contribution in [3.63, 3.8) is 0 Å². The highest BCUT2D eigenvalue weighted by Crippen LogP contribution is 2.02. The van der Waals surface area contributed by atoms with Gasteiger partial charge in [-0.05, 0) is 38.8 Å². The Morgan fingerprint density at radius 1 is 1.00 bits per heavy atom. The van der Waals surface area contributed by atoms with Crippen molar-refractivity contribution in [2.24, 2.45) is 10.9 Å². The van der Waals surface area contributed by atoms with Crippen molar-refractivity contribution < 1.29 is 0 Å². The second-order valence-corrected chi connectivity index (χ2v) is 6.52. The first kappa shape index (κ1) is 22.9. The van der Waals surface area contributed by atoms with Crippen LogP contribution < -0.4 is 10.6 Å². The third kappa shape index (κ3) is 11.2. The zero-order valence-corrected chi connectivity index (χ0v) is 17.9. The van der Waals surface area contributed by atoms with Gasteiger partial charge in [0.15, 0.2) is 5.96 Å². The minimum atomic E-state index is 0. The van der Waals surface area contributed by atoms with Crippen LogP contribution in [0.4, 0.5) is 0 Å². The summed E-state index contributed by atoms with van der Waals surface area (Å²) < 4.78 is 0. The van der Waals surface area contributed by atoms with E-state index in [1.54, 1.807) is 0 Å². The molecule has 6 heteroatoms. The van der Waals surface area contributed by atoms with Crippen molar-refractivity contribution in [1.29, 1.82) is 0 Å². The summed E-state index contributed by atoms with van der Waals surface area (Å²) in [6, 6.07) is 0. The molecule has 1 rings (SSSR count). The molecule has 2 N–H and O–H groups in total. The molecule has 1 fully saturated rings. The standard InChI is InChI=1S/C17H37N5.HI/c1-5-18-17(20-15-16(3)4)19-9-7-8-10-22-13-11-21(6-2)12-14-22;/h16H,5-15H2,1-4H3,(H2,18,19,20);1H. The van der Waals surface area contributed by atoms with Gasteiger partial charge in [0.1, 0.15) is 0 Å². The highest BCUT2D eigenvalue weighted by molar-refractivity contribution is 14.0. The van der Waals surface area contributed by atoms with Gasteiger partial charge in [-0.1, -0.05) is 20.8 Å². The SMILES string of the molecule is CCNC(=NCC(C)C)NCCCCN1CCN(CC)CC1.I. The average Bonchev–Trinajstić information content (AvgIpc) is 2.52. The van der Waals surface area contributed by atoms with E-state index < -0.39 is 0 Å². The number of aliphatic imine (C=N–C) groups is 1. The van der Waals surface area contributed by atoms with Crippen molar-refractivity contribution in [3.05, 3.63) is 0 Å². The van der Waals surface area contributed by atoms with Crippen molar-refractivity contribution >= 4 is 29.9 Å². The number of rotatable bonds is 9. The van der Waals surface area contributed by atoms with E-state index in [2.05, 4.69) is 53.1 Å². The predicted molar refractivity (Wildman–Crippen MR) is 112 cm³/mol. The topological polar surface area (TPSA) is 42.9 Å². The first-order valence-electron chi connectivity index (χ1n) is 9.12. The van der Waals surface area contributed by atoms with E-state index >= 15 is 0 Å². The number of guanidine groups is 1. The summed E-state index contributed by atoms with van der Waals surface area (Å²) in [7, 11) is 0. The van der Waals surface area contributed by atoms with E-state index in [1.165, 1.54) is 52.1 Å². The van der Waals surface area contributed by atoms with Gasteiger partial charge in [-0.2, -0.15) is 0 Å². The van der Waals surface area contributed by atoms with Crippen LogP contribution in [-0.4, -0.2) is 74.7 Å². The number of halogens is 1. The van der Waals surface area contributed by atoms with Gasteiger partial charge in [-0.3, -0.25) is 4.99 Å². The molecule has 138 valence electrons. The molecule has 0 aromatic heterocycles. The Bertz CT molecular complexity index is 301. The Kier molecular flexibility index (Phi) is 14.2. The molecule has 0 aliphatic carbocycles. The molecule has 0 aromatic rings. The molecule has 0 aromatic carbocycles. The lowest BCUT2D eigenvalue weighted by Gasteiger charge is -2.34. The van der Waals surface area contributed by atoms with Crippen molar-refractivity contribution in [2.45, 2.75) is 40.5 Å². The fourth-order valence-corrected chi connectivity index (χ4v) is 2.61. The van der Waals surface area contributed by atoms with Crippen LogP contribution in [0.1, 0.15) is 40.5 Å². The van der Waals surface area contributed by atoms with E-state index in [1.807, 2.05) is 0 Å². The Morgan fingerprint density at radius 2 is 1.65 bits per heavy atom. The van der Waals surface area contributed by atoms with Crippen LogP contribution in [0.2, 0.25) is 0 Å². The summed E-state index contributed by atoms with van der Waals surface area (Å²) in [6.07, 6.45) is 2.47. The maximum Gasteiger partial charge on any atom is 0.191 e. The molecule has 5 nitrogen and oxygen atoms in total. The molecule has 0 unspecified atom stereocenters. The van der Waals surface area contributed by atoms with Crippen molar-refractivity contribution in [3.8, 4) is 0 Å². The van der Waals surface area contributed by atoms with Crippen LogP contribution in [0, 0.1) is 5.92 Å². The molecule has 1 aliphatic heterocycles. The van der Waals surface area contributed by atoms with Crippen LogP contribution in [0.5, 0.6) is 0 Å². The third-order valence-electron chi connectivity index (χ3n) is 4.06. The summed E-state index contributed by atoms with van der Waals surface area (Å²) >= 11 is 0. The van der Waals surface area contributed by atoms with Gasteiger partial charge in [0, 0.05) is 45.8 Å². The minimum absolute atomic E-state index is 0. The molecule has 1 heterocycles. The van der Waals surface area contributed by atoms with Gasteiger partial charge in [0.2, 0.25) is 0 Å². The number of nitrogens with one attached hydrogen (secondary N) is 2. The van der Waals surface area contributed by atoms with Crippen LogP contribution in [-0.2, 0) is 0 Å². The fourth-order valence-electron chi connectivity index (χ4n) is 2.61. The molecular formula is C17H38IN5. The molecule has 0 spiro atoms. The number of piperazine rings is 1. The van der Waals surface area contributed by atoms with Gasteiger partial charge >= 0.3 is 0 Å². The van der Waals surface area contributed by atoms with Crippen molar-refractivity contribution in [1.82, 2.24) is 20.4 Å². The van der Waals surface area contributed by atoms with Crippen LogP contribution in [0.3, 0.4) is 0 Å². The first-order valence-corrected chi connectivity index (χ1v) is 9.12. The molecule has 1 saturated heterocycles. The van der Waals surface area contributed by atoms with Gasteiger partial charge in [0.25, 0.3) is 0 Å². The van der Waals surface area contributed by atoms with E-state index in [0.717, 1.165) is 25.6 Å². The molecule has 23 heavy (non-hydrogen) atoms. The normalized spacial score (nSPS) is 17.2. The van der Waals surface area contributed by atoms with E-state index in [-0.39, 0.29) is 24.0 Å². The summed E-state index contributed by atoms with van der Waals surface area (Å²) in [5.74, 6) is 1.57. The molecule has 0 atom stereocenters. The number of unbranched alkanes of at least 4 members (excludes halogenated alkanes) is 1. The number of nitrogens with zero attached hydrogens (tertiary/aromatic N) is 3. The molecule has 0 bridgehead atoms. The van der Waals surface area contributed by atoms with Crippen molar-refractivity contribution in [2.75, 3.05) is 58.9 Å². The highest BCUT2D eigenvalue weighted by atomic mass is 127. The van der Waals surface area contributed by atoms with E-state index in [0.29, 0.717) is 5.92 Å². The maximum atomic E-state index is 4.60. The number of hydrogen-bond donors (Lipinski definition) is 2. The number of likely N-dealkylation sites (N-methyl/N-ethyl adjacent to an activating group) is 1. The second-order valence-electron chi connectivity index (χ2n) is 6.52. The fraction of sp³-hybridized carbons (Fsp3) is 0.941. The predicted octanol–water partition coefficient (Wildman–Crippen LogP) is 2.23. The lowest BCUT2D eigenvalue weighted by atomic mass is 10.2. The van der Waals surface area contributed by atoms with E-state index in [9.17, 15) is 0 Å².